The van der Waals surface area contributed by atoms with E-state index in [1.165, 1.54) is 17.1 Å². The smallest absolute Gasteiger partial charge is 0.252 e. The number of carbonyl (C=O) groups is 2. The summed E-state index contributed by atoms with van der Waals surface area (Å²) < 4.78 is 0.444. The summed E-state index contributed by atoms with van der Waals surface area (Å²) in [5.41, 5.74) is 2.37. The number of fused-ring (bicyclic) bond motifs is 1. The molecule has 1 spiro atoms. The van der Waals surface area contributed by atoms with Crippen LogP contribution in [-0.2, 0) is 4.79 Å². The maximum absolute atomic E-state index is 12.9. The number of nitrogens with one attached hydrogen (secondary N) is 1. The zero-order valence-corrected chi connectivity index (χ0v) is 18.0. The molecular weight excluding hydrogens is 418 g/mol. The average Bonchev–Trinajstić information content (AvgIpc) is 3.18. The highest BCUT2D eigenvalue weighted by molar-refractivity contribution is 8.02. The van der Waals surface area contributed by atoms with Crippen LogP contribution in [0.4, 0.5) is 5.69 Å². The topological polar surface area (TPSA) is 89.3 Å². The lowest BCUT2D eigenvalue weighted by Crippen LogP contribution is -2.63. The Hall–Kier alpha value is -2.44. The number of amides is 2. The van der Waals surface area contributed by atoms with Gasteiger partial charge in [-0.15, -0.1) is 11.8 Å². The second-order valence-electron chi connectivity index (χ2n) is 7.89. The summed E-state index contributed by atoms with van der Waals surface area (Å²) in [6, 6.07) is 9.44. The molecule has 7 nitrogen and oxygen atoms in total. The highest BCUT2D eigenvalue weighted by Gasteiger charge is 2.48. The number of nitriles is 1. The van der Waals surface area contributed by atoms with E-state index in [1.54, 1.807) is 24.0 Å². The Bertz CT molecular complexity index is 1060. The Morgan fingerprint density at radius 2 is 2.17 bits per heavy atom. The number of pyridine rings is 1. The standard InChI is InChI=1S/C21H21N5O2S2/c22-8-15-10-29-13-26(15)19(27)9-24-20(28)16-3-5-23-18-2-1-14(7-17(16)18)25-11-21(12-25)4-6-30-21/h1-3,5,7,15H,4,6,9-13H2,(H,24,28). The zero-order chi connectivity index (χ0) is 20.7. The van der Waals surface area contributed by atoms with Gasteiger partial charge in [-0.05, 0) is 36.4 Å². The summed E-state index contributed by atoms with van der Waals surface area (Å²) in [6.07, 6.45) is 2.90. The van der Waals surface area contributed by atoms with Crippen LogP contribution in [0.2, 0.25) is 0 Å². The number of carbonyl (C=O) groups excluding carboxylic acids is 2. The molecule has 1 aromatic heterocycles. The number of anilines is 1. The summed E-state index contributed by atoms with van der Waals surface area (Å²) in [5.74, 6) is 1.82. The Morgan fingerprint density at radius 1 is 1.33 bits per heavy atom. The number of hydrogen-bond acceptors (Lipinski definition) is 7. The molecule has 30 heavy (non-hydrogen) atoms. The van der Waals surface area contributed by atoms with Gasteiger partial charge in [0.15, 0.2) is 0 Å². The first-order valence-corrected chi connectivity index (χ1v) is 12.1. The first-order valence-electron chi connectivity index (χ1n) is 9.91. The summed E-state index contributed by atoms with van der Waals surface area (Å²) in [7, 11) is 0. The second kappa shape index (κ2) is 7.67. The number of thioether (sulfide) groups is 2. The first kappa shape index (κ1) is 19.5. The van der Waals surface area contributed by atoms with Gasteiger partial charge in [0.25, 0.3) is 5.91 Å². The highest BCUT2D eigenvalue weighted by atomic mass is 32.2. The van der Waals surface area contributed by atoms with E-state index >= 15 is 0 Å². The van der Waals surface area contributed by atoms with Gasteiger partial charge in [0.2, 0.25) is 5.91 Å². The van der Waals surface area contributed by atoms with Crippen molar-refractivity contribution in [2.45, 2.75) is 17.2 Å². The lowest BCUT2D eigenvalue weighted by molar-refractivity contribution is -0.129. The van der Waals surface area contributed by atoms with Gasteiger partial charge in [0.05, 0.1) is 34.3 Å². The van der Waals surface area contributed by atoms with Gasteiger partial charge in [-0.3, -0.25) is 14.6 Å². The van der Waals surface area contributed by atoms with Crippen molar-refractivity contribution in [3.63, 3.8) is 0 Å². The van der Waals surface area contributed by atoms with Crippen LogP contribution in [0.1, 0.15) is 16.8 Å². The van der Waals surface area contributed by atoms with Crippen molar-refractivity contribution in [3.8, 4) is 6.07 Å². The molecule has 3 aliphatic heterocycles. The molecule has 0 aliphatic carbocycles. The number of nitrogens with zero attached hydrogens (tertiary/aromatic N) is 4. The number of benzene rings is 1. The van der Waals surface area contributed by atoms with Crippen molar-refractivity contribution >= 4 is 51.9 Å². The molecule has 3 saturated heterocycles. The highest BCUT2D eigenvalue weighted by Crippen LogP contribution is 2.48. The summed E-state index contributed by atoms with van der Waals surface area (Å²) in [5, 5.41) is 12.7. The van der Waals surface area contributed by atoms with Crippen molar-refractivity contribution in [1.82, 2.24) is 15.2 Å². The normalized spacial score (nSPS) is 21.8. The van der Waals surface area contributed by atoms with Gasteiger partial charge in [-0.1, -0.05) is 0 Å². The van der Waals surface area contributed by atoms with Crippen LogP contribution in [0.25, 0.3) is 10.9 Å². The molecule has 9 heteroatoms. The molecule has 2 amide bonds. The van der Waals surface area contributed by atoms with Crippen molar-refractivity contribution in [2.75, 3.05) is 41.9 Å². The molecule has 1 unspecified atom stereocenters. The van der Waals surface area contributed by atoms with Crippen LogP contribution >= 0.6 is 23.5 Å². The van der Waals surface area contributed by atoms with Crippen LogP contribution in [0.15, 0.2) is 30.5 Å². The fraction of sp³-hybridized carbons (Fsp3) is 0.429. The SMILES string of the molecule is N#CC1CSCN1C(=O)CNC(=O)c1ccnc2ccc(N3CC4(CCS4)C3)cc12. The third-order valence-electron chi connectivity index (χ3n) is 6.01. The molecule has 3 fully saturated rings. The fourth-order valence-electron chi connectivity index (χ4n) is 4.15. The van der Waals surface area contributed by atoms with Crippen molar-refractivity contribution in [3.05, 3.63) is 36.0 Å². The average molecular weight is 440 g/mol. The molecule has 154 valence electrons. The molecule has 3 aliphatic rings. The van der Waals surface area contributed by atoms with E-state index < -0.39 is 6.04 Å². The summed E-state index contributed by atoms with van der Waals surface area (Å²) in [6.45, 7) is 1.98. The molecule has 1 aromatic carbocycles. The predicted octanol–water partition coefficient (Wildman–Crippen LogP) is 2.09. The summed E-state index contributed by atoms with van der Waals surface area (Å²) in [4.78, 5) is 33.5. The Balaban J connectivity index is 1.31. The van der Waals surface area contributed by atoms with E-state index in [4.69, 9.17) is 5.26 Å². The molecule has 4 heterocycles. The fourth-order valence-corrected chi connectivity index (χ4v) is 6.53. The van der Waals surface area contributed by atoms with Crippen LogP contribution in [-0.4, -0.2) is 69.5 Å². The number of rotatable bonds is 4. The van der Waals surface area contributed by atoms with Gasteiger partial charge in [0, 0.05) is 36.1 Å². The van der Waals surface area contributed by atoms with Gasteiger partial charge in [0.1, 0.15) is 6.04 Å². The maximum atomic E-state index is 12.9. The summed E-state index contributed by atoms with van der Waals surface area (Å²) >= 11 is 3.60. The molecule has 1 atom stereocenters. The van der Waals surface area contributed by atoms with Crippen LogP contribution < -0.4 is 10.2 Å². The molecule has 1 N–H and O–H groups in total. The third kappa shape index (κ3) is 3.38. The minimum absolute atomic E-state index is 0.118. The van der Waals surface area contributed by atoms with E-state index in [1.807, 2.05) is 12.1 Å². The van der Waals surface area contributed by atoms with Crippen LogP contribution in [0.3, 0.4) is 0 Å². The van der Waals surface area contributed by atoms with Crippen LogP contribution in [0.5, 0.6) is 0 Å². The number of aromatic nitrogens is 1. The first-order chi connectivity index (χ1) is 14.6. The third-order valence-corrected chi connectivity index (χ3v) is 8.51. The minimum Gasteiger partial charge on any atom is -0.369 e. The lowest BCUT2D eigenvalue weighted by atomic mass is 9.93. The molecule has 2 aromatic rings. The number of hydrogen-bond donors (Lipinski definition) is 1. The van der Waals surface area contributed by atoms with E-state index in [2.05, 4.69) is 39.1 Å². The van der Waals surface area contributed by atoms with Gasteiger partial charge < -0.3 is 15.1 Å². The maximum Gasteiger partial charge on any atom is 0.252 e. The second-order valence-corrected chi connectivity index (χ2v) is 10.5. The lowest BCUT2D eigenvalue weighted by Gasteiger charge is -2.56. The van der Waals surface area contributed by atoms with Crippen LogP contribution in [0, 0.1) is 11.3 Å². The Labute approximate surface area is 183 Å². The predicted molar refractivity (Wildman–Crippen MR) is 120 cm³/mol. The van der Waals surface area contributed by atoms with E-state index in [-0.39, 0.29) is 18.4 Å². The van der Waals surface area contributed by atoms with E-state index in [0.29, 0.717) is 21.9 Å². The Kier molecular flexibility index (Phi) is 4.99. The largest absolute Gasteiger partial charge is 0.369 e. The van der Waals surface area contributed by atoms with E-state index in [9.17, 15) is 9.59 Å². The van der Waals surface area contributed by atoms with Crippen molar-refractivity contribution in [1.29, 1.82) is 5.26 Å². The van der Waals surface area contributed by atoms with Crippen molar-refractivity contribution in [2.24, 2.45) is 0 Å². The molecule has 0 radical (unpaired) electrons. The molecule has 0 bridgehead atoms. The molecule has 0 saturated carbocycles. The van der Waals surface area contributed by atoms with Crippen molar-refractivity contribution < 1.29 is 9.59 Å². The van der Waals surface area contributed by atoms with E-state index in [0.717, 1.165) is 29.7 Å². The molecular formula is C21H21N5O2S2. The monoisotopic (exact) mass is 439 g/mol. The Morgan fingerprint density at radius 3 is 2.90 bits per heavy atom. The van der Waals surface area contributed by atoms with Gasteiger partial charge in [-0.2, -0.15) is 17.0 Å². The zero-order valence-electron chi connectivity index (χ0n) is 16.3. The van der Waals surface area contributed by atoms with Gasteiger partial charge >= 0.3 is 0 Å². The van der Waals surface area contributed by atoms with Gasteiger partial charge in [-0.25, -0.2) is 0 Å². The quantitative estimate of drug-likeness (QED) is 0.780. The minimum atomic E-state index is -0.419. The molecule has 5 rings (SSSR count).